The number of nitrogens with zero attached hydrogens (tertiary/aromatic N) is 4. The minimum Gasteiger partial charge on any atom is -0.336 e. The summed E-state index contributed by atoms with van der Waals surface area (Å²) in [4.78, 5) is 6.92. The highest BCUT2D eigenvalue weighted by Gasteiger charge is 2.24. The molecular formula is C14H19N5. The molecule has 1 atom stereocenters. The molecule has 0 saturated carbocycles. The number of para-hydroxylation sites is 1. The summed E-state index contributed by atoms with van der Waals surface area (Å²) < 4.78 is 0. The molecule has 0 radical (unpaired) electrons. The van der Waals surface area contributed by atoms with Crippen molar-refractivity contribution >= 4 is 17.0 Å². The summed E-state index contributed by atoms with van der Waals surface area (Å²) in [7, 11) is 0. The Bertz CT molecular complexity index is 554. The Morgan fingerprint density at radius 1 is 1.16 bits per heavy atom. The van der Waals surface area contributed by atoms with Crippen LogP contribution in [0.4, 0.5) is 5.95 Å². The van der Waals surface area contributed by atoms with Gasteiger partial charge in [-0.2, -0.15) is 0 Å². The van der Waals surface area contributed by atoms with Crippen molar-refractivity contribution in [3.8, 4) is 0 Å². The maximum absolute atomic E-state index is 5.71. The van der Waals surface area contributed by atoms with Crippen molar-refractivity contribution < 1.29 is 0 Å². The van der Waals surface area contributed by atoms with Crippen molar-refractivity contribution in [1.82, 2.24) is 15.2 Å². The van der Waals surface area contributed by atoms with Gasteiger partial charge in [-0.05, 0) is 44.4 Å². The van der Waals surface area contributed by atoms with Crippen LogP contribution in [0.15, 0.2) is 24.3 Å². The average molecular weight is 257 g/mol. The van der Waals surface area contributed by atoms with Crippen LogP contribution in [-0.4, -0.2) is 34.3 Å². The molecule has 5 heteroatoms. The molecule has 2 heterocycles. The Morgan fingerprint density at radius 2 is 2.00 bits per heavy atom. The van der Waals surface area contributed by atoms with Gasteiger partial charge in [0.15, 0.2) is 0 Å². The largest absolute Gasteiger partial charge is 0.336 e. The summed E-state index contributed by atoms with van der Waals surface area (Å²) in [5, 5.41) is 8.55. The third kappa shape index (κ3) is 2.51. The van der Waals surface area contributed by atoms with Crippen LogP contribution in [0.2, 0.25) is 0 Å². The number of hydrogen-bond acceptors (Lipinski definition) is 5. The summed E-state index contributed by atoms with van der Waals surface area (Å²) in [5.74, 6) is 0.747. The third-order valence-corrected chi connectivity index (χ3v) is 3.73. The number of fused-ring (bicyclic) bond motifs is 1. The minimum absolute atomic E-state index is 0.460. The van der Waals surface area contributed by atoms with E-state index in [1.54, 1.807) is 0 Å². The molecule has 1 fully saturated rings. The van der Waals surface area contributed by atoms with Crippen molar-refractivity contribution in [2.75, 3.05) is 18.0 Å². The number of aromatic nitrogens is 3. The molecule has 0 spiro atoms. The van der Waals surface area contributed by atoms with Gasteiger partial charge in [0, 0.05) is 12.6 Å². The van der Waals surface area contributed by atoms with Gasteiger partial charge in [-0.25, -0.2) is 4.98 Å². The first kappa shape index (κ1) is 12.3. The second-order valence-corrected chi connectivity index (χ2v) is 5.02. The first-order valence-corrected chi connectivity index (χ1v) is 6.94. The van der Waals surface area contributed by atoms with Crippen molar-refractivity contribution in [3.63, 3.8) is 0 Å². The van der Waals surface area contributed by atoms with E-state index in [0.29, 0.717) is 12.6 Å². The lowest BCUT2D eigenvalue weighted by Crippen LogP contribution is -2.41. The smallest absolute Gasteiger partial charge is 0.246 e. The van der Waals surface area contributed by atoms with Gasteiger partial charge in [0.25, 0.3) is 0 Å². The van der Waals surface area contributed by atoms with E-state index in [-0.39, 0.29) is 0 Å². The summed E-state index contributed by atoms with van der Waals surface area (Å²) in [5.41, 5.74) is 7.46. The number of rotatable bonds is 3. The molecule has 2 aromatic rings. The van der Waals surface area contributed by atoms with E-state index in [0.717, 1.165) is 29.9 Å². The summed E-state index contributed by atoms with van der Waals surface area (Å²) in [6.45, 7) is 1.72. The molecule has 1 aliphatic heterocycles. The molecule has 1 aromatic carbocycles. The number of anilines is 1. The molecule has 2 N–H and O–H groups in total. The lowest BCUT2D eigenvalue weighted by atomic mass is 10.00. The molecule has 0 amide bonds. The van der Waals surface area contributed by atoms with Crippen LogP contribution in [0, 0.1) is 0 Å². The fourth-order valence-electron chi connectivity index (χ4n) is 2.75. The van der Waals surface area contributed by atoms with E-state index in [1.807, 2.05) is 24.3 Å². The predicted molar refractivity (Wildman–Crippen MR) is 76.0 cm³/mol. The zero-order chi connectivity index (χ0) is 13.1. The van der Waals surface area contributed by atoms with E-state index in [4.69, 9.17) is 5.73 Å². The van der Waals surface area contributed by atoms with Gasteiger partial charge in [0.1, 0.15) is 5.52 Å². The van der Waals surface area contributed by atoms with Gasteiger partial charge in [0.05, 0.1) is 5.52 Å². The van der Waals surface area contributed by atoms with Crippen molar-refractivity contribution in [1.29, 1.82) is 0 Å². The van der Waals surface area contributed by atoms with Gasteiger partial charge in [-0.1, -0.05) is 12.1 Å². The molecule has 1 aromatic heterocycles. The fraction of sp³-hybridized carbons (Fsp3) is 0.500. The Labute approximate surface area is 112 Å². The lowest BCUT2D eigenvalue weighted by molar-refractivity contribution is 0.434. The molecule has 100 valence electrons. The molecule has 0 bridgehead atoms. The Balaban J connectivity index is 1.92. The van der Waals surface area contributed by atoms with Gasteiger partial charge in [-0.3, -0.25) is 0 Å². The quantitative estimate of drug-likeness (QED) is 0.907. The topological polar surface area (TPSA) is 67.9 Å². The Morgan fingerprint density at radius 3 is 2.84 bits per heavy atom. The van der Waals surface area contributed by atoms with Gasteiger partial charge >= 0.3 is 0 Å². The van der Waals surface area contributed by atoms with E-state index in [1.165, 1.54) is 19.3 Å². The first-order chi connectivity index (χ1) is 9.38. The van der Waals surface area contributed by atoms with Crippen LogP contribution < -0.4 is 10.6 Å². The molecule has 5 nitrogen and oxygen atoms in total. The third-order valence-electron chi connectivity index (χ3n) is 3.73. The molecule has 0 aliphatic carbocycles. The second kappa shape index (κ2) is 5.48. The maximum atomic E-state index is 5.71. The SMILES string of the molecule is NCCC1CCCCN1c1nnc2ccccc2n1. The summed E-state index contributed by atoms with van der Waals surface area (Å²) in [6.07, 6.45) is 4.63. The monoisotopic (exact) mass is 257 g/mol. The van der Waals surface area contributed by atoms with Crippen LogP contribution >= 0.6 is 0 Å². The van der Waals surface area contributed by atoms with Crippen molar-refractivity contribution in [3.05, 3.63) is 24.3 Å². The van der Waals surface area contributed by atoms with Crippen molar-refractivity contribution in [2.24, 2.45) is 5.73 Å². The van der Waals surface area contributed by atoms with E-state index in [9.17, 15) is 0 Å². The molecule has 1 saturated heterocycles. The summed E-state index contributed by atoms with van der Waals surface area (Å²) in [6, 6.07) is 8.31. The zero-order valence-electron chi connectivity index (χ0n) is 11.0. The summed E-state index contributed by atoms with van der Waals surface area (Å²) >= 11 is 0. The van der Waals surface area contributed by atoms with E-state index in [2.05, 4.69) is 20.1 Å². The number of nitrogens with two attached hydrogens (primary N) is 1. The molecule has 1 unspecified atom stereocenters. The van der Waals surface area contributed by atoms with Crippen LogP contribution in [-0.2, 0) is 0 Å². The standard InChI is InChI=1S/C14H19N5/c15-9-8-11-5-3-4-10-19(11)14-16-12-6-1-2-7-13(12)17-18-14/h1-2,6-7,11H,3-5,8-10,15H2. The van der Waals surface area contributed by atoms with E-state index < -0.39 is 0 Å². The van der Waals surface area contributed by atoms with Crippen LogP contribution in [0.5, 0.6) is 0 Å². The molecule has 1 aliphatic rings. The van der Waals surface area contributed by atoms with Crippen LogP contribution in [0.1, 0.15) is 25.7 Å². The first-order valence-electron chi connectivity index (χ1n) is 6.94. The number of benzene rings is 1. The number of hydrogen-bond donors (Lipinski definition) is 1. The average Bonchev–Trinajstić information content (AvgIpc) is 2.48. The Kier molecular flexibility index (Phi) is 3.55. The van der Waals surface area contributed by atoms with Gasteiger partial charge in [0.2, 0.25) is 5.95 Å². The van der Waals surface area contributed by atoms with Crippen LogP contribution in [0.3, 0.4) is 0 Å². The normalized spacial score (nSPS) is 19.8. The van der Waals surface area contributed by atoms with E-state index >= 15 is 0 Å². The zero-order valence-corrected chi connectivity index (χ0v) is 11.0. The lowest BCUT2D eigenvalue weighted by Gasteiger charge is -2.35. The maximum Gasteiger partial charge on any atom is 0.246 e. The second-order valence-electron chi connectivity index (χ2n) is 5.02. The highest BCUT2D eigenvalue weighted by molar-refractivity contribution is 5.74. The number of piperidine rings is 1. The Hall–Kier alpha value is -1.75. The predicted octanol–water partition coefficient (Wildman–Crippen LogP) is 1.73. The van der Waals surface area contributed by atoms with Crippen LogP contribution in [0.25, 0.3) is 11.0 Å². The molecule has 3 rings (SSSR count). The van der Waals surface area contributed by atoms with Gasteiger partial charge in [-0.15, -0.1) is 10.2 Å². The fourth-order valence-corrected chi connectivity index (χ4v) is 2.75. The molecular weight excluding hydrogens is 238 g/mol. The van der Waals surface area contributed by atoms with Crippen molar-refractivity contribution in [2.45, 2.75) is 31.7 Å². The minimum atomic E-state index is 0.460. The highest BCUT2D eigenvalue weighted by Crippen LogP contribution is 2.24. The molecule has 19 heavy (non-hydrogen) atoms. The van der Waals surface area contributed by atoms with Gasteiger partial charge < -0.3 is 10.6 Å². The highest BCUT2D eigenvalue weighted by atomic mass is 15.3.